The van der Waals surface area contributed by atoms with Gasteiger partial charge < -0.3 is 0 Å². The van der Waals surface area contributed by atoms with E-state index in [1.54, 1.807) is 0 Å². The highest BCUT2D eigenvalue weighted by Crippen LogP contribution is 2.45. The van der Waals surface area contributed by atoms with Gasteiger partial charge in [0.1, 0.15) is 0 Å². The minimum absolute atomic E-state index is 0.280. The van der Waals surface area contributed by atoms with Gasteiger partial charge in [-0.1, -0.05) is 26.0 Å². The molecule has 0 heterocycles. The molecule has 0 bridgehead atoms. The SMILES string of the molecule is CC1C=CC2=CC(=O)CCC2(C)C1. The topological polar surface area (TPSA) is 17.1 Å². The van der Waals surface area contributed by atoms with E-state index in [1.165, 1.54) is 12.0 Å². The second kappa shape index (κ2) is 2.83. The molecule has 0 aromatic rings. The molecule has 0 fully saturated rings. The second-order valence-electron chi connectivity index (χ2n) is 4.67. The van der Waals surface area contributed by atoms with Gasteiger partial charge in [-0.25, -0.2) is 0 Å². The summed E-state index contributed by atoms with van der Waals surface area (Å²) in [6, 6.07) is 0. The Hall–Kier alpha value is -0.850. The highest BCUT2D eigenvalue weighted by Gasteiger charge is 2.34. The van der Waals surface area contributed by atoms with Crippen LogP contribution in [0.1, 0.15) is 33.1 Å². The molecule has 0 spiro atoms. The summed E-state index contributed by atoms with van der Waals surface area (Å²) < 4.78 is 0. The van der Waals surface area contributed by atoms with Crippen molar-refractivity contribution in [2.24, 2.45) is 11.3 Å². The Kier molecular flexibility index (Phi) is 1.90. The van der Waals surface area contributed by atoms with Gasteiger partial charge in [0, 0.05) is 6.42 Å². The number of ketones is 1. The molecule has 0 amide bonds. The zero-order valence-corrected chi connectivity index (χ0v) is 8.34. The van der Waals surface area contributed by atoms with Gasteiger partial charge >= 0.3 is 0 Å². The van der Waals surface area contributed by atoms with Crippen LogP contribution < -0.4 is 0 Å². The van der Waals surface area contributed by atoms with E-state index in [2.05, 4.69) is 26.0 Å². The van der Waals surface area contributed by atoms with E-state index in [9.17, 15) is 4.79 Å². The molecule has 0 aliphatic heterocycles. The van der Waals surface area contributed by atoms with E-state index in [-0.39, 0.29) is 5.41 Å². The summed E-state index contributed by atoms with van der Waals surface area (Å²) in [5.41, 5.74) is 1.53. The third-order valence-electron chi connectivity index (χ3n) is 3.31. The molecule has 2 atom stereocenters. The molecule has 0 saturated carbocycles. The summed E-state index contributed by atoms with van der Waals surface area (Å²) in [5.74, 6) is 0.960. The van der Waals surface area contributed by atoms with E-state index in [1.807, 2.05) is 6.08 Å². The lowest BCUT2D eigenvalue weighted by Crippen LogP contribution is -2.28. The zero-order valence-electron chi connectivity index (χ0n) is 8.34. The molecule has 0 saturated heterocycles. The first-order chi connectivity index (χ1) is 6.10. The van der Waals surface area contributed by atoms with Crippen LogP contribution in [0.3, 0.4) is 0 Å². The summed E-state index contributed by atoms with van der Waals surface area (Å²) >= 11 is 0. The van der Waals surface area contributed by atoms with Crippen LogP contribution >= 0.6 is 0 Å². The molecule has 70 valence electrons. The Balaban J connectivity index is 2.38. The van der Waals surface area contributed by atoms with Crippen molar-refractivity contribution >= 4 is 5.78 Å². The average molecular weight is 176 g/mol. The lowest BCUT2D eigenvalue weighted by atomic mass is 9.66. The van der Waals surface area contributed by atoms with Gasteiger partial charge in [0.2, 0.25) is 0 Å². The average Bonchev–Trinajstić information content (AvgIpc) is 2.06. The Morgan fingerprint density at radius 2 is 2.31 bits per heavy atom. The molecular formula is C12H16O. The molecule has 2 aliphatic carbocycles. The van der Waals surface area contributed by atoms with Gasteiger partial charge in [-0.3, -0.25) is 4.79 Å². The van der Waals surface area contributed by atoms with Gasteiger partial charge in [0.05, 0.1) is 0 Å². The smallest absolute Gasteiger partial charge is 0.156 e. The normalized spacial score (nSPS) is 38.5. The van der Waals surface area contributed by atoms with E-state index in [0.29, 0.717) is 11.7 Å². The van der Waals surface area contributed by atoms with Crippen molar-refractivity contribution in [3.63, 3.8) is 0 Å². The van der Waals surface area contributed by atoms with Crippen molar-refractivity contribution in [2.45, 2.75) is 33.1 Å². The molecule has 0 aromatic carbocycles. The van der Waals surface area contributed by atoms with Gasteiger partial charge in [-0.05, 0) is 35.8 Å². The summed E-state index contributed by atoms with van der Waals surface area (Å²) in [5, 5.41) is 0. The zero-order chi connectivity index (χ0) is 9.47. The van der Waals surface area contributed by atoms with Crippen molar-refractivity contribution in [3.05, 3.63) is 23.8 Å². The van der Waals surface area contributed by atoms with Crippen molar-refractivity contribution in [1.29, 1.82) is 0 Å². The molecule has 2 rings (SSSR count). The van der Waals surface area contributed by atoms with Crippen molar-refractivity contribution in [1.82, 2.24) is 0 Å². The minimum Gasteiger partial charge on any atom is -0.295 e. The fraction of sp³-hybridized carbons (Fsp3) is 0.583. The summed E-state index contributed by atoms with van der Waals surface area (Å²) in [6.45, 7) is 4.53. The molecule has 1 nitrogen and oxygen atoms in total. The number of carbonyl (C=O) groups is 1. The maximum absolute atomic E-state index is 11.2. The van der Waals surface area contributed by atoms with Crippen LogP contribution in [0.25, 0.3) is 0 Å². The van der Waals surface area contributed by atoms with Gasteiger partial charge in [-0.2, -0.15) is 0 Å². The molecule has 2 aliphatic rings. The Morgan fingerprint density at radius 3 is 3.08 bits per heavy atom. The first-order valence-electron chi connectivity index (χ1n) is 5.03. The molecule has 2 unspecified atom stereocenters. The molecule has 13 heavy (non-hydrogen) atoms. The quantitative estimate of drug-likeness (QED) is 0.554. The number of allylic oxidation sites excluding steroid dienone is 4. The lowest BCUT2D eigenvalue weighted by molar-refractivity contribution is -0.115. The van der Waals surface area contributed by atoms with Crippen LogP contribution in [-0.2, 0) is 4.79 Å². The fourth-order valence-electron chi connectivity index (χ4n) is 2.48. The van der Waals surface area contributed by atoms with Crippen LogP contribution in [0, 0.1) is 11.3 Å². The Bertz CT molecular complexity index is 298. The fourth-order valence-corrected chi connectivity index (χ4v) is 2.48. The van der Waals surface area contributed by atoms with E-state index in [4.69, 9.17) is 0 Å². The molecular weight excluding hydrogens is 160 g/mol. The van der Waals surface area contributed by atoms with E-state index in [0.717, 1.165) is 12.8 Å². The maximum atomic E-state index is 11.2. The summed E-state index contributed by atoms with van der Waals surface area (Å²) in [7, 11) is 0. The predicted octanol–water partition coefficient (Wildman–Crippen LogP) is 2.88. The highest BCUT2D eigenvalue weighted by atomic mass is 16.1. The van der Waals surface area contributed by atoms with Gasteiger partial charge in [-0.15, -0.1) is 0 Å². The van der Waals surface area contributed by atoms with Crippen molar-refractivity contribution < 1.29 is 4.79 Å². The minimum atomic E-state index is 0.280. The molecule has 1 heteroatoms. The maximum Gasteiger partial charge on any atom is 0.156 e. The number of rotatable bonds is 0. The molecule has 0 radical (unpaired) electrons. The third kappa shape index (κ3) is 1.48. The molecule has 0 aromatic heterocycles. The van der Waals surface area contributed by atoms with Crippen LogP contribution in [0.4, 0.5) is 0 Å². The first-order valence-corrected chi connectivity index (χ1v) is 5.03. The number of hydrogen-bond acceptors (Lipinski definition) is 1. The second-order valence-corrected chi connectivity index (χ2v) is 4.67. The van der Waals surface area contributed by atoms with Crippen LogP contribution in [-0.4, -0.2) is 5.78 Å². The number of carbonyl (C=O) groups excluding carboxylic acids is 1. The monoisotopic (exact) mass is 176 g/mol. The summed E-state index contributed by atoms with van der Waals surface area (Å²) in [6.07, 6.45) is 9.17. The van der Waals surface area contributed by atoms with Crippen LogP contribution in [0.15, 0.2) is 23.8 Å². The van der Waals surface area contributed by atoms with Crippen molar-refractivity contribution in [2.75, 3.05) is 0 Å². The van der Waals surface area contributed by atoms with Crippen LogP contribution in [0.5, 0.6) is 0 Å². The Morgan fingerprint density at radius 1 is 1.54 bits per heavy atom. The largest absolute Gasteiger partial charge is 0.295 e. The van der Waals surface area contributed by atoms with Gasteiger partial charge in [0.25, 0.3) is 0 Å². The van der Waals surface area contributed by atoms with Crippen molar-refractivity contribution in [3.8, 4) is 0 Å². The van der Waals surface area contributed by atoms with Crippen LogP contribution in [0.2, 0.25) is 0 Å². The number of hydrogen-bond donors (Lipinski definition) is 0. The summed E-state index contributed by atoms with van der Waals surface area (Å²) in [4.78, 5) is 11.2. The third-order valence-corrected chi connectivity index (χ3v) is 3.31. The first kappa shape index (κ1) is 8.74. The number of fused-ring (bicyclic) bond motifs is 1. The predicted molar refractivity (Wildman–Crippen MR) is 53.4 cm³/mol. The van der Waals surface area contributed by atoms with E-state index >= 15 is 0 Å². The highest BCUT2D eigenvalue weighted by molar-refractivity contribution is 5.92. The standard InChI is InChI=1S/C12H16O/c1-9-3-4-10-7-11(13)5-6-12(10,2)8-9/h3-4,7,9H,5-6,8H2,1-2H3. The van der Waals surface area contributed by atoms with E-state index < -0.39 is 0 Å². The van der Waals surface area contributed by atoms with Gasteiger partial charge in [0.15, 0.2) is 5.78 Å². The molecule has 0 N–H and O–H groups in total. The Labute approximate surface area is 79.5 Å². The lowest BCUT2D eigenvalue weighted by Gasteiger charge is -2.38.